The lowest BCUT2D eigenvalue weighted by Crippen LogP contribution is -2.66. The number of nitrogens with one attached hydrogen (secondary N) is 4. The van der Waals surface area contributed by atoms with Gasteiger partial charge in [-0.1, -0.05) is 11.6 Å². The number of hydroxylamine groups is 1. The summed E-state index contributed by atoms with van der Waals surface area (Å²) in [6.07, 6.45) is -3.06. The fourth-order valence-electron chi connectivity index (χ4n) is 6.22. The molecule has 1 aromatic carbocycles. The zero-order valence-electron chi connectivity index (χ0n) is 21.2. The third-order valence-corrected chi connectivity index (χ3v) is 8.82. The van der Waals surface area contributed by atoms with Gasteiger partial charge in [0.1, 0.15) is 30.0 Å². The van der Waals surface area contributed by atoms with Crippen molar-refractivity contribution < 1.29 is 41.8 Å². The van der Waals surface area contributed by atoms with E-state index in [1.807, 2.05) is 0 Å². The molecule has 5 unspecified atom stereocenters. The third-order valence-electron chi connectivity index (χ3n) is 8.52. The SMILES string of the molecule is O=C(COc1ccc(Cl)c(F)c1)NC12CCC(C3NC(COC4CCC(C(F)(F)F)NC4)NO3)(CC1)C(O)C2. The van der Waals surface area contributed by atoms with Crippen LogP contribution in [-0.4, -0.2) is 73.1 Å². The molecule has 2 bridgehead atoms. The number of benzene rings is 1. The molecule has 0 radical (unpaired) electrons. The molecule has 218 valence electrons. The van der Waals surface area contributed by atoms with E-state index in [-0.39, 0.29) is 55.1 Å². The third kappa shape index (κ3) is 6.29. The van der Waals surface area contributed by atoms with Crippen molar-refractivity contribution in [3.63, 3.8) is 0 Å². The van der Waals surface area contributed by atoms with Crippen molar-refractivity contribution in [3.05, 3.63) is 29.0 Å². The number of aliphatic hydroxyl groups is 1. The number of carbonyl (C=O) groups excluding carboxylic acids is 1. The number of amides is 1. The standard InChI is InChI=1S/C25H33ClF4N4O5/c26-16-3-1-14(9-17(16)27)38-13-21(36)33-23-5-7-24(8-6-23,19(35)10-23)22-32-20(34-39-22)12-37-15-2-4-18(31-11-15)25(28,29)30/h1,3,9,15,18-20,22,31-32,34-35H,2,4-8,10-13H2,(H,33,36). The molecule has 5 aliphatic rings. The molecule has 2 saturated heterocycles. The van der Waals surface area contributed by atoms with Crippen molar-refractivity contribution in [2.45, 2.75) is 87.3 Å². The fourth-order valence-corrected chi connectivity index (χ4v) is 6.33. The van der Waals surface area contributed by atoms with Gasteiger partial charge in [0.2, 0.25) is 0 Å². The highest BCUT2D eigenvalue weighted by molar-refractivity contribution is 6.30. The lowest BCUT2D eigenvalue weighted by Gasteiger charge is -2.57. The molecule has 6 rings (SSSR count). The summed E-state index contributed by atoms with van der Waals surface area (Å²) in [6, 6.07) is 2.45. The molecule has 1 aromatic rings. The topological polar surface area (TPSA) is 113 Å². The molecule has 2 heterocycles. The molecular weight excluding hydrogens is 548 g/mol. The lowest BCUT2D eigenvalue weighted by molar-refractivity contribution is -0.176. The summed E-state index contributed by atoms with van der Waals surface area (Å²) in [5, 5.41) is 19.9. The van der Waals surface area contributed by atoms with Gasteiger partial charge in [0.05, 0.1) is 23.8 Å². The maximum Gasteiger partial charge on any atom is 0.403 e. The van der Waals surface area contributed by atoms with Crippen molar-refractivity contribution in [1.82, 2.24) is 21.4 Å². The van der Waals surface area contributed by atoms with Crippen LogP contribution >= 0.6 is 11.6 Å². The van der Waals surface area contributed by atoms with Crippen LogP contribution in [0.4, 0.5) is 17.6 Å². The van der Waals surface area contributed by atoms with E-state index in [0.717, 1.165) is 6.07 Å². The van der Waals surface area contributed by atoms with Crippen LogP contribution in [0.25, 0.3) is 0 Å². The molecule has 39 heavy (non-hydrogen) atoms. The van der Waals surface area contributed by atoms with Gasteiger partial charge < -0.3 is 25.2 Å². The minimum atomic E-state index is -4.26. The smallest absolute Gasteiger partial charge is 0.403 e. The maximum absolute atomic E-state index is 13.6. The Balaban J connectivity index is 1.07. The molecular formula is C25H33ClF4N4O5. The predicted octanol–water partition coefficient (Wildman–Crippen LogP) is 2.51. The summed E-state index contributed by atoms with van der Waals surface area (Å²) in [5.74, 6) is -0.806. The minimum Gasteiger partial charge on any atom is -0.484 e. The van der Waals surface area contributed by atoms with Crippen molar-refractivity contribution in [2.75, 3.05) is 19.8 Å². The highest BCUT2D eigenvalue weighted by Gasteiger charge is 2.59. The summed E-state index contributed by atoms with van der Waals surface area (Å²) >= 11 is 5.67. The Labute approximate surface area is 228 Å². The molecule has 14 heteroatoms. The van der Waals surface area contributed by atoms with Crippen molar-refractivity contribution in [3.8, 4) is 5.75 Å². The molecule has 2 aliphatic heterocycles. The van der Waals surface area contributed by atoms with Gasteiger partial charge >= 0.3 is 6.18 Å². The number of hydrogen-bond donors (Lipinski definition) is 5. The van der Waals surface area contributed by atoms with E-state index in [1.54, 1.807) is 0 Å². The van der Waals surface area contributed by atoms with Gasteiger partial charge in [-0.25, -0.2) is 4.39 Å². The summed E-state index contributed by atoms with van der Waals surface area (Å²) in [6.45, 7) is 0.0266. The van der Waals surface area contributed by atoms with Gasteiger partial charge in [-0.05, 0) is 57.1 Å². The Morgan fingerprint density at radius 2 is 2.00 bits per heavy atom. The number of piperidine rings is 1. The lowest BCUT2D eigenvalue weighted by atomic mass is 9.55. The second kappa shape index (κ2) is 11.3. The summed E-state index contributed by atoms with van der Waals surface area (Å²) in [7, 11) is 0. The van der Waals surface area contributed by atoms with Gasteiger partial charge in [0.25, 0.3) is 5.91 Å². The van der Waals surface area contributed by atoms with Crippen LogP contribution in [-0.2, 0) is 14.4 Å². The average Bonchev–Trinajstić information content (AvgIpc) is 3.38. The van der Waals surface area contributed by atoms with E-state index < -0.39 is 41.3 Å². The van der Waals surface area contributed by atoms with Crippen LogP contribution < -0.4 is 26.2 Å². The monoisotopic (exact) mass is 580 g/mol. The molecule has 5 atom stereocenters. The Kier molecular flexibility index (Phi) is 8.31. The largest absolute Gasteiger partial charge is 0.484 e. The van der Waals surface area contributed by atoms with E-state index in [2.05, 4.69) is 21.4 Å². The number of halogens is 5. The Morgan fingerprint density at radius 3 is 2.64 bits per heavy atom. The quantitative estimate of drug-likeness (QED) is 0.298. The molecule has 3 saturated carbocycles. The van der Waals surface area contributed by atoms with Crippen LogP contribution in [0.15, 0.2) is 18.2 Å². The van der Waals surface area contributed by atoms with E-state index in [1.165, 1.54) is 12.1 Å². The number of carbonyl (C=O) groups is 1. The number of alkyl halides is 3. The second-order valence-corrected chi connectivity index (χ2v) is 11.4. The van der Waals surface area contributed by atoms with Crippen LogP contribution in [0.2, 0.25) is 5.02 Å². The predicted molar refractivity (Wildman–Crippen MR) is 131 cm³/mol. The zero-order valence-corrected chi connectivity index (χ0v) is 21.9. The van der Waals surface area contributed by atoms with Gasteiger partial charge in [0.15, 0.2) is 6.61 Å². The first-order valence-electron chi connectivity index (χ1n) is 13.1. The number of ether oxygens (including phenoxy) is 2. The summed E-state index contributed by atoms with van der Waals surface area (Å²) in [4.78, 5) is 18.4. The van der Waals surface area contributed by atoms with E-state index in [0.29, 0.717) is 38.5 Å². The first-order chi connectivity index (χ1) is 18.5. The number of aliphatic hydroxyl groups excluding tert-OH is 1. The fraction of sp³-hybridized carbons (Fsp3) is 0.720. The van der Waals surface area contributed by atoms with Gasteiger partial charge in [-0.2, -0.15) is 18.7 Å². The number of rotatable bonds is 8. The number of hydrogen-bond acceptors (Lipinski definition) is 8. The highest BCUT2D eigenvalue weighted by atomic mass is 35.5. The van der Waals surface area contributed by atoms with E-state index >= 15 is 0 Å². The van der Waals surface area contributed by atoms with E-state index in [4.69, 9.17) is 25.9 Å². The molecule has 1 amide bonds. The molecule has 5 fully saturated rings. The van der Waals surface area contributed by atoms with Crippen molar-refractivity contribution in [2.24, 2.45) is 5.41 Å². The second-order valence-electron chi connectivity index (χ2n) is 11.0. The van der Waals surface area contributed by atoms with Crippen LogP contribution in [0, 0.1) is 11.2 Å². The normalized spacial score (nSPS) is 36.6. The van der Waals surface area contributed by atoms with Gasteiger partial charge in [-0.15, -0.1) is 0 Å². The van der Waals surface area contributed by atoms with Gasteiger partial charge in [0, 0.05) is 23.6 Å². The van der Waals surface area contributed by atoms with Crippen molar-refractivity contribution in [1.29, 1.82) is 0 Å². The zero-order chi connectivity index (χ0) is 27.8. The molecule has 5 N–H and O–H groups in total. The van der Waals surface area contributed by atoms with Crippen LogP contribution in [0.1, 0.15) is 44.9 Å². The Hall–Kier alpha value is -1.74. The Bertz CT molecular complexity index is 1030. The maximum atomic E-state index is 13.6. The summed E-state index contributed by atoms with van der Waals surface area (Å²) in [5.41, 5.74) is 1.76. The average molecular weight is 581 g/mol. The Morgan fingerprint density at radius 1 is 1.23 bits per heavy atom. The first-order valence-corrected chi connectivity index (χ1v) is 13.5. The molecule has 0 aromatic heterocycles. The van der Waals surface area contributed by atoms with E-state index in [9.17, 15) is 27.5 Å². The van der Waals surface area contributed by atoms with Crippen LogP contribution in [0.5, 0.6) is 5.75 Å². The summed E-state index contributed by atoms with van der Waals surface area (Å²) < 4.78 is 63.3. The van der Waals surface area contributed by atoms with Crippen molar-refractivity contribution >= 4 is 17.5 Å². The van der Waals surface area contributed by atoms with Gasteiger partial charge in [-0.3, -0.25) is 14.9 Å². The highest BCUT2D eigenvalue weighted by Crippen LogP contribution is 2.54. The minimum absolute atomic E-state index is 0.0296. The van der Waals surface area contributed by atoms with Crippen LogP contribution in [0.3, 0.4) is 0 Å². The first kappa shape index (κ1) is 28.8. The molecule has 9 nitrogen and oxygen atoms in total. The molecule has 0 spiro atoms. The molecule has 3 aliphatic carbocycles. The number of fused-ring (bicyclic) bond motifs is 3.